The molecule has 4 nitrogen and oxygen atoms in total. The van der Waals surface area contributed by atoms with Crippen molar-refractivity contribution in [1.82, 2.24) is 5.32 Å². The lowest BCUT2D eigenvalue weighted by atomic mass is 10.1. The minimum atomic E-state index is -2.33. The molecule has 0 aliphatic carbocycles. The van der Waals surface area contributed by atoms with Crippen molar-refractivity contribution in [3.8, 4) is 6.07 Å². The lowest BCUT2D eigenvalue weighted by molar-refractivity contribution is -0.140. The molecule has 0 amide bonds. The third-order valence-electron chi connectivity index (χ3n) is 1.31. The molecule has 2 atom stereocenters. The summed E-state index contributed by atoms with van der Waals surface area (Å²) in [5, 5.41) is 19.4. The molecular weight excluding hydrogens is 156 g/mol. The third kappa shape index (κ3) is 3.94. The predicted octanol–water partition coefficient (Wildman–Crippen LogP) is 0.599. The molecule has 0 radical (unpaired) electrons. The number of carboxylic acid groups (broad SMARTS) is 1. The average Bonchev–Trinajstić information content (AvgIpc) is 2.11. The minimum absolute atomic E-state index is 0.330. The van der Waals surface area contributed by atoms with E-state index in [-0.39, 0.29) is 5.92 Å². The van der Waals surface area contributed by atoms with Gasteiger partial charge in [-0.1, -0.05) is 13.8 Å². The molecule has 0 heterocycles. The largest absolute Gasteiger partial charge is 0.480 e. The minimum Gasteiger partial charge on any atom is -0.480 e. The van der Waals surface area contributed by atoms with E-state index in [0.717, 1.165) is 0 Å². The number of carboxylic acids is 1. The van der Waals surface area contributed by atoms with Gasteiger partial charge in [-0.3, -0.25) is 4.79 Å². The van der Waals surface area contributed by atoms with Gasteiger partial charge in [0.1, 0.15) is 6.04 Å². The Hall–Kier alpha value is -1.08. The van der Waals surface area contributed by atoms with Crippen molar-refractivity contribution in [2.45, 2.75) is 26.3 Å². The molecule has 0 fully saturated rings. The van der Waals surface area contributed by atoms with Crippen molar-refractivity contribution in [2.75, 3.05) is 6.50 Å². The van der Waals surface area contributed by atoms with Gasteiger partial charge in [-0.25, -0.2) is 0 Å². The van der Waals surface area contributed by atoms with Crippen LogP contribution >= 0.6 is 0 Å². The summed E-state index contributed by atoms with van der Waals surface area (Å²) in [5.41, 5.74) is 0. The first-order valence-electron chi connectivity index (χ1n) is 5.12. The molecule has 12 heavy (non-hydrogen) atoms. The van der Waals surface area contributed by atoms with Crippen LogP contribution in [0.3, 0.4) is 0 Å². The molecule has 0 aromatic carbocycles. The zero-order chi connectivity index (χ0) is 12.2. The normalized spacial score (nSPS) is 20.0. The van der Waals surface area contributed by atoms with Crippen molar-refractivity contribution in [2.24, 2.45) is 5.92 Å². The standard InChI is InChI=1S/C8H14N2O2/c1-6(2)7(8(11)12)10-5-3-4-9/h6-7,10H,3,5H2,1-2H3,(H,11,12)/t7-/m0/s1/i3D,5D2/t3-,7-. The summed E-state index contributed by atoms with van der Waals surface area (Å²) in [6.45, 7) is 0.905. The van der Waals surface area contributed by atoms with Crippen molar-refractivity contribution >= 4 is 5.97 Å². The van der Waals surface area contributed by atoms with E-state index in [0.29, 0.717) is 0 Å². The summed E-state index contributed by atoms with van der Waals surface area (Å²) < 4.78 is 21.8. The van der Waals surface area contributed by atoms with Crippen molar-refractivity contribution in [3.63, 3.8) is 0 Å². The highest BCUT2D eigenvalue weighted by Gasteiger charge is 2.19. The Morgan fingerprint density at radius 3 is 2.75 bits per heavy atom. The zero-order valence-electron chi connectivity index (χ0n) is 10.0. The van der Waals surface area contributed by atoms with Crippen LogP contribution in [0, 0.1) is 17.2 Å². The smallest absolute Gasteiger partial charge is 0.320 e. The van der Waals surface area contributed by atoms with Crippen LogP contribution in [0.5, 0.6) is 0 Å². The van der Waals surface area contributed by atoms with Crippen molar-refractivity contribution in [3.05, 3.63) is 0 Å². The number of rotatable bonds is 5. The molecule has 68 valence electrons. The number of nitriles is 1. The summed E-state index contributed by atoms with van der Waals surface area (Å²) in [7, 11) is 0. The second-order valence-electron chi connectivity index (χ2n) is 2.62. The highest BCUT2D eigenvalue weighted by Crippen LogP contribution is 2.00. The summed E-state index contributed by atoms with van der Waals surface area (Å²) in [5.74, 6) is -1.53. The molecule has 4 heteroatoms. The van der Waals surface area contributed by atoms with Crippen molar-refractivity contribution < 1.29 is 14.0 Å². The van der Waals surface area contributed by atoms with Crippen LogP contribution in [0.2, 0.25) is 0 Å². The molecule has 0 bridgehead atoms. The number of carbonyl (C=O) groups is 1. The van der Waals surface area contributed by atoms with Crippen LogP contribution in [0.25, 0.3) is 0 Å². The number of hydrogen-bond donors (Lipinski definition) is 2. The summed E-state index contributed by atoms with van der Waals surface area (Å²) >= 11 is 0. The zero-order valence-corrected chi connectivity index (χ0v) is 7.03. The highest BCUT2D eigenvalue weighted by molar-refractivity contribution is 5.73. The number of nitrogens with zero attached hydrogens (tertiary/aromatic N) is 1. The topological polar surface area (TPSA) is 73.1 Å². The summed E-state index contributed by atoms with van der Waals surface area (Å²) in [4.78, 5) is 10.8. The van der Waals surface area contributed by atoms with E-state index in [9.17, 15) is 4.79 Å². The monoisotopic (exact) mass is 173 g/mol. The first-order chi connectivity index (χ1) is 6.72. The maximum atomic E-state index is 10.8. The van der Waals surface area contributed by atoms with E-state index >= 15 is 0 Å². The van der Waals surface area contributed by atoms with Crippen LogP contribution in [0.1, 0.15) is 24.4 Å². The quantitative estimate of drug-likeness (QED) is 0.638. The van der Waals surface area contributed by atoms with Gasteiger partial charge < -0.3 is 10.4 Å². The fourth-order valence-corrected chi connectivity index (χ4v) is 0.677. The molecule has 0 spiro atoms. The Morgan fingerprint density at radius 1 is 1.83 bits per heavy atom. The number of nitrogens with one attached hydrogen (secondary N) is 1. The number of hydrogen-bond acceptors (Lipinski definition) is 3. The van der Waals surface area contributed by atoms with Crippen LogP contribution < -0.4 is 5.32 Å². The Labute approximate surface area is 76.4 Å². The van der Waals surface area contributed by atoms with E-state index in [2.05, 4.69) is 5.32 Å². The Balaban J connectivity index is 4.68. The van der Waals surface area contributed by atoms with Gasteiger partial charge in [-0.05, 0) is 5.92 Å². The van der Waals surface area contributed by atoms with E-state index < -0.39 is 24.9 Å². The molecule has 0 rings (SSSR count). The summed E-state index contributed by atoms with van der Waals surface area (Å²) in [6.07, 6.45) is -1.65. The van der Waals surface area contributed by atoms with E-state index in [1.807, 2.05) is 0 Å². The molecule has 0 aromatic heterocycles. The third-order valence-corrected chi connectivity index (χ3v) is 1.31. The fraction of sp³-hybridized carbons (Fsp3) is 0.750. The first-order valence-corrected chi connectivity index (χ1v) is 3.54. The van der Waals surface area contributed by atoms with Gasteiger partial charge in [-0.15, -0.1) is 0 Å². The molecule has 0 aliphatic heterocycles. The van der Waals surface area contributed by atoms with Gasteiger partial charge in [0.05, 0.1) is 6.07 Å². The maximum Gasteiger partial charge on any atom is 0.320 e. The Kier molecular flexibility index (Phi) is 2.98. The number of aliphatic carboxylic acids is 1. The molecule has 0 aliphatic rings. The molecule has 0 saturated heterocycles. The molecular formula is C8H14N2O2. The predicted molar refractivity (Wildman–Crippen MR) is 44.5 cm³/mol. The maximum absolute atomic E-state index is 10.8. The van der Waals surface area contributed by atoms with Crippen LogP contribution in [-0.4, -0.2) is 23.6 Å². The van der Waals surface area contributed by atoms with Gasteiger partial charge in [-0.2, -0.15) is 5.26 Å². The Morgan fingerprint density at radius 2 is 2.42 bits per heavy atom. The van der Waals surface area contributed by atoms with Crippen LogP contribution in [0.15, 0.2) is 0 Å². The SMILES string of the molecule is [2H][C@@H](C#N)C([2H])([2H])N[C@H](C(=O)O)C(C)C. The van der Waals surface area contributed by atoms with E-state index in [1.165, 1.54) is 6.07 Å². The van der Waals surface area contributed by atoms with Gasteiger partial charge in [0.2, 0.25) is 0 Å². The lowest BCUT2D eigenvalue weighted by Gasteiger charge is -2.16. The molecule has 0 unspecified atom stereocenters. The van der Waals surface area contributed by atoms with Crippen molar-refractivity contribution in [1.29, 1.82) is 5.26 Å². The van der Waals surface area contributed by atoms with E-state index in [1.54, 1.807) is 13.8 Å². The van der Waals surface area contributed by atoms with Gasteiger partial charge in [0.25, 0.3) is 0 Å². The Bertz CT molecular complexity index is 276. The second kappa shape index (κ2) is 5.56. The fourth-order valence-electron chi connectivity index (χ4n) is 0.677. The van der Waals surface area contributed by atoms with Crippen LogP contribution in [-0.2, 0) is 4.79 Å². The van der Waals surface area contributed by atoms with Crippen LogP contribution in [0.4, 0.5) is 0 Å². The van der Waals surface area contributed by atoms with Gasteiger partial charge in [0.15, 0.2) is 0 Å². The van der Waals surface area contributed by atoms with Gasteiger partial charge in [0, 0.05) is 17.0 Å². The molecule has 2 N–H and O–H groups in total. The van der Waals surface area contributed by atoms with Gasteiger partial charge >= 0.3 is 5.97 Å². The van der Waals surface area contributed by atoms with E-state index in [4.69, 9.17) is 14.5 Å². The highest BCUT2D eigenvalue weighted by atomic mass is 16.4. The first kappa shape index (κ1) is 6.44. The second-order valence-corrected chi connectivity index (χ2v) is 2.62. The lowest BCUT2D eigenvalue weighted by Crippen LogP contribution is -2.41. The molecule has 0 saturated carbocycles. The summed E-state index contributed by atoms with van der Waals surface area (Å²) in [6, 6.07) is 0.315. The molecule has 0 aromatic rings. The average molecular weight is 173 g/mol.